The minimum atomic E-state index is -0.974. The Bertz CT molecular complexity index is 3240. The van der Waals surface area contributed by atoms with Gasteiger partial charge in [-0.05, 0) is 101 Å². The number of carbonyl (C=O) groups excluding carboxylic acids is 9. The molecule has 530 valence electrons. The summed E-state index contributed by atoms with van der Waals surface area (Å²) in [5.74, 6) is -5.65. The molecule has 0 aromatic heterocycles. The average molecular weight is 1340 g/mol. The van der Waals surface area contributed by atoms with Gasteiger partial charge in [-0.3, -0.25) is 28.8 Å². The number of fused-ring (bicyclic) bond motifs is 3. The van der Waals surface area contributed by atoms with Crippen LogP contribution in [0.25, 0.3) is 11.1 Å². The highest BCUT2D eigenvalue weighted by molar-refractivity contribution is 5.97. The zero-order chi connectivity index (χ0) is 71.4. The molecule has 97 heavy (non-hydrogen) atoms. The number of urea groups is 1. The quantitative estimate of drug-likeness (QED) is 0.0263. The lowest BCUT2D eigenvalue weighted by Gasteiger charge is -2.41. The molecule has 0 bridgehead atoms. The van der Waals surface area contributed by atoms with Crippen molar-refractivity contribution in [2.24, 2.45) is 53.1 Å². The van der Waals surface area contributed by atoms with E-state index in [1.54, 1.807) is 62.1 Å². The van der Waals surface area contributed by atoms with Crippen LogP contribution in [-0.4, -0.2) is 157 Å². The maximum Gasteiger partial charge on any atom is 0.410 e. The number of anilines is 1. The Morgan fingerprint density at radius 3 is 1.87 bits per heavy atom. The van der Waals surface area contributed by atoms with Crippen molar-refractivity contribution < 1.29 is 67.2 Å². The Balaban J connectivity index is 1.04. The van der Waals surface area contributed by atoms with Gasteiger partial charge in [0.25, 0.3) is 0 Å². The number of alkyl carbamates (subject to hydrolysis) is 1. The third kappa shape index (κ3) is 20.8. The van der Waals surface area contributed by atoms with Crippen molar-refractivity contribution >= 4 is 59.0 Å². The lowest BCUT2D eigenvalue weighted by Crippen LogP contribution is -2.54. The number of likely N-dealkylation sites (N-methyl/N-ethyl adjacent to an activating group) is 2. The molecule has 4 aromatic rings. The van der Waals surface area contributed by atoms with E-state index >= 15 is 0 Å². The van der Waals surface area contributed by atoms with Gasteiger partial charge < -0.3 is 60.4 Å². The van der Waals surface area contributed by atoms with Gasteiger partial charge in [-0.1, -0.05) is 167 Å². The standard InChI is InChI=1S/C76H107N7O14/c1-15-48(8)69(65(94-13)42-66(87)83-38-24-32-61(83)71(95-14)50(10)62(84)39-49(9)70(88)52-25-17-16-18-26-52)81(11)73(90)59(45(2)3)41-64(86)68(47(6)7)82(12)76(93)97-43-51-33-35-54(36-34-51)79-72(89)53(27-23-37-78-74(77)91)40-63(85)67(46(4)5)80-75(92)96-44-60-57-30-21-19-28-55(57)56-29-20-22-31-58(56)60/h16-22,25-26,28-31,33-36,45-50,53,59-61,65,67-71,88H,15,23-24,27,32,37-44H2,1-14H3,(H,79,89)(H,80,92)(H3,77,78,91)/t48-,49+,50+,53-,59+,61+,65-,67+,68+,69+,70-,71-/m1/s1. The summed E-state index contributed by atoms with van der Waals surface area (Å²) >= 11 is 0. The van der Waals surface area contributed by atoms with Crippen LogP contribution < -0.4 is 21.7 Å². The molecule has 0 radical (unpaired) electrons. The molecule has 0 unspecified atom stereocenters. The molecule has 6 N–H and O–H groups in total. The van der Waals surface area contributed by atoms with Crippen LogP contribution in [0, 0.1) is 47.3 Å². The second-order valence-electron chi connectivity index (χ2n) is 27.6. The normalized spacial score (nSPS) is 17.1. The maximum absolute atomic E-state index is 14.9. The highest BCUT2D eigenvalue weighted by atomic mass is 16.6. The molecule has 6 rings (SSSR count). The summed E-state index contributed by atoms with van der Waals surface area (Å²) in [6.45, 7) is 19.2. The molecule has 0 saturated carbocycles. The van der Waals surface area contributed by atoms with Gasteiger partial charge in [0.15, 0.2) is 11.6 Å². The van der Waals surface area contributed by atoms with E-state index in [1.165, 1.54) is 19.1 Å². The number of carbonyl (C=O) groups is 9. The molecular weight excluding hydrogens is 1230 g/mol. The highest BCUT2D eigenvalue weighted by Gasteiger charge is 2.44. The van der Waals surface area contributed by atoms with Gasteiger partial charge in [-0.25, -0.2) is 14.4 Å². The van der Waals surface area contributed by atoms with Crippen LogP contribution in [0.5, 0.6) is 0 Å². The molecule has 21 heteroatoms. The molecule has 4 aromatic carbocycles. The average Bonchev–Trinajstić information content (AvgIpc) is 1.62. The lowest BCUT2D eigenvalue weighted by molar-refractivity contribution is -0.149. The van der Waals surface area contributed by atoms with Crippen molar-refractivity contribution in [2.75, 3.05) is 53.3 Å². The van der Waals surface area contributed by atoms with Gasteiger partial charge in [0, 0.05) is 90.0 Å². The van der Waals surface area contributed by atoms with Gasteiger partial charge in [-0.2, -0.15) is 0 Å². The van der Waals surface area contributed by atoms with E-state index in [-0.39, 0.29) is 123 Å². The topological polar surface area (TPSA) is 283 Å². The first-order valence-electron chi connectivity index (χ1n) is 34.5. The SMILES string of the molecule is CC[C@@H](C)[C@@H]([C@@H](CC(=O)N1CCC[C@H]1[C@H](OC)[C@@H](C)C(=O)C[C@H](C)[C@@H](O)c1ccccc1)OC)N(C)C(=O)[C@@H](CC(=O)[C@H](C(C)C)N(C)C(=O)OCc1ccc(NC(=O)[C@H](CCCNC(N)=O)CC(=O)[C@@H](NC(=O)OCC2c3ccccc3-c3ccccc32)C(C)C)cc1)C(C)C. The van der Waals surface area contributed by atoms with Crippen molar-refractivity contribution in [2.45, 2.75) is 182 Å². The summed E-state index contributed by atoms with van der Waals surface area (Å²) in [6.07, 6.45) is -1.47. The van der Waals surface area contributed by atoms with Crippen molar-refractivity contribution in [3.05, 3.63) is 125 Å². The van der Waals surface area contributed by atoms with Crippen molar-refractivity contribution in [1.82, 2.24) is 25.3 Å². The van der Waals surface area contributed by atoms with Crippen LogP contribution in [0.3, 0.4) is 0 Å². The molecule has 7 amide bonds. The summed E-state index contributed by atoms with van der Waals surface area (Å²) < 4.78 is 23.7. The minimum Gasteiger partial charge on any atom is -0.449 e. The molecule has 1 saturated heterocycles. The summed E-state index contributed by atoms with van der Waals surface area (Å²) in [5.41, 5.74) is 11.2. The van der Waals surface area contributed by atoms with E-state index in [1.807, 2.05) is 134 Å². The molecule has 2 aliphatic rings. The van der Waals surface area contributed by atoms with Crippen molar-refractivity contribution in [3.8, 4) is 11.1 Å². The number of benzene rings is 4. The van der Waals surface area contributed by atoms with E-state index in [0.29, 0.717) is 43.5 Å². The number of rotatable bonds is 37. The van der Waals surface area contributed by atoms with E-state index in [4.69, 9.17) is 24.7 Å². The summed E-state index contributed by atoms with van der Waals surface area (Å²) in [5, 5.41) is 19.2. The number of primary amides is 1. The van der Waals surface area contributed by atoms with Crippen LogP contribution in [0.2, 0.25) is 0 Å². The van der Waals surface area contributed by atoms with Crippen LogP contribution in [0.1, 0.15) is 161 Å². The van der Waals surface area contributed by atoms with Crippen molar-refractivity contribution in [1.29, 1.82) is 0 Å². The monoisotopic (exact) mass is 1340 g/mol. The van der Waals surface area contributed by atoms with Gasteiger partial charge >= 0.3 is 18.2 Å². The van der Waals surface area contributed by atoms with Gasteiger partial charge in [0.2, 0.25) is 17.7 Å². The predicted octanol–water partition coefficient (Wildman–Crippen LogP) is 11.3. The first-order valence-corrected chi connectivity index (χ1v) is 34.5. The number of nitrogens with two attached hydrogens (primary N) is 1. The number of nitrogens with zero attached hydrogens (tertiary/aromatic N) is 3. The van der Waals surface area contributed by atoms with E-state index in [9.17, 15) is 48.3 Å². The van der Waals surface area contributed by atoms with Crippen LogP contribution in [0.4, 0.5) is 20.1 Å². The fourth-order valence-corrected chi connectivity index (χ4v) is 14.1. The summed E-state index contributed by atoms with van der Waals surface area (Å²) in [4.78, 5) is 129. The number of amides is 7. The maximum atomic E-state index is 14.9. The number of hydrogen-bond acceptors (Lipinski definition) is 14. The number of methoxy groups -OCH3 is 2. The molecule has 1 aliphatic carbocycles. The molecule has 12 atom stereocenters. The Hall–Kier alpha value is -8.01. The molecule has 1 heterocycles. The number of ether oxygens (including phenoxy) is 4. The predicted molar refractivity (Wildman–Crippen MR) is 373 cm³/mol. The van der Waals surface area contributed by atoms with E-state index in [2.05, 4.69) is 16.0 Å². The first-order chi connectivity index (χ1) is 46.1. The number of likely N-dealkylation sites (tertiary alicyclic amines) is 1. The third-order valence-electron chi connectivity index (χ3n) is 19.8. The Kier molecular flexibility index (Phi) is 29.8. The van der Waals surface area contributed by atoms with Gasteiger partial charge in [0.1, 0.15) is 19.0 Å². The fourth-order valence-electron chi connectivity index (χ4n) is 14.1. The highest BCUT2D eigenvalue weighted by Crippen LogP contribution is 2.45. The lowest BCUT2D eigenvalue weighted by atomic mass is 9.83. The smallest absolute Gasteiger partial charge is 0.410 e. The third-order valence-corrected chi connectivity index (χ3v) is 19.8. The number of ketones is 3. The second-order valence-corrected chi connectivity index (χ2v) is 27.6. The van der Waals surface area contributed by atoms with Gasteiger partial charge in [-0.15, -0.1) is 0 Å². The Morgan fingerprint density at radius 1 is 0.680 bits per heavy atom. The van der Waals surface area contributed by atoms with E-state index in [0.717, 1.165) is 27.8 Å². The zero-order valence-electron chi connectivity index (χ0n) is 59.4. The first kappa shape index (κ1) is 78.0. The summed E-state index contributed by atoms with van der Waals surface area (Å²) in [7, 11) is 6.26. The Morgan fingerprint density at radius 2 is 1.30 bits per heavy atom. The molecule has 1 aliphatic heterocycles. The number of aliphatic hydroxyl groups is 1. The Labute approximate surface area is 574 Å². The molecule has 21 nitrogen and oxygen atoms in total. The van der Waals surface area contributed by atoms with Crippen LogP contribution >= 0.6 is 0 Å². The largest absolute Gasteiger partial charge is 0.449 e. The van der Waals surface area contributed by atoms with Crippen LogP contribution in [0.15, 0.2) is 103 Å². The minimum absolute atomic E-state index is 0.0499. The fraction of sp³-hybridized carbons (Fsp3) is 0.566. The number of nitrogens with one attached hydrogen (secondary N) is 3. The number of Topliss-reactive ketones (excluding diaryl/α,β-unsaturated/α-hetero) is 3. The van der Waals surface area contributed by atoms with Gasteiger partial charge in [0.05, 0.1) is 48.9 Å². The number of aliphatic hydroxyl groups excluding tert-OH is 1. The molecular formula is C76H107N7O14. The van der Waals surface area contributed by atoms with Crippen LogP contribution in [-0.2, 0) is 54.3 Å². The summed E-state index contributed by atoms with van der Waals surface area (Å²) in [6, 6.07) is 28.2. The zero-order valence-corrected chi connectivity index (χ0v) is 59.4. The molecule has 0 spiro atoms. The second kappa shape index (κ2) is 37.1. The molecule has 1 fully saturated rings. The van der Waals surface area contributed by atoms with E-state index < -0.39 is 78.3 Å². The number of hydrogen-bond donors (Lipinski definition) is 5. The van der Waals surface area contributed by atoms with Crippen molar-refractivity contribution in [3.63, 3.8) is 0 Å².